The summed E-state index contributed by atoms with van der Waals surface area (Å²) >= 11 is 5.92. The SMILES string of the molecule is Cc1cc(N2CCCC2)nc(NCCNS(=O)(=O)c2cc(Cl)ccc2C)n1. The van der Waals surface area contributed by atoms with E-state index in [1.165, 1.54) is 18.9 Å². The fourth-order valence-corrected chi connectivity index (χ4v) is 4.58. The molecule has 0 spiro atoms. The molecule has 2 aromatic rings. The predicted octanol–water partition coefficient (Wildman–Crippen LogP) is 2.74. The van der Waals surface area contributed by atoms with Gasteiger partial charge in [0.1, 0.15) is 5.82 Å². The summed E-state index contributed by atoms with van der Waals surface area (Å²) in [5, 5.41) is 3.49. The van der Waals surface area contributed by atoms with Crippen molar-refractivity contribution in [2.45, 2.75) is 31.6 Å². The van der Waals surface area contributed by atoms with Crippen LogP contribution >= 0.6 is 11.6 Å². The number of aromatic nitrogens is 2. The highest BCUT2D eigenvalue weighted by Gasteiger charge is 2.17. The first-order chi connectivity index (χ1) is 12.8. The largest absolute Gasteiger partial charge is 0.356 e. The molecule has 0 radical (unpaired) electrons. The molecule has 1 aromatic heterocycles. The van der Waals surface area contributed by atoms with Gasteiger partial charge in [-0.05, 0) is 44.4 Å². The zero-order valence-corrected chi connectivity index (χ0v) is 17.1. The molecule has 2 heterocycles. The quantitative estimate of drug-likeness (QED) is 0.684. The van der Waals surface area contributed by atoms with Crippen LogP contribution in [0.5, 0.6) is 0 Å². The Morgan fingerprint density at radius 1 is 1.11 bits per heavy atom. The van der Waals surface area contributed by atoms with Crippen molar-refractivity contribution in [1.82, 2.24) is 14.7 Å². The summed E-state index contributed by atoms with van der Waals surface area (Å²) in [6, 6.07) is 6.79. The normalized spacial score (nSPS) is 14.6. The van der Waals surface area contributed by atoms with Gasteiger partial charge in [-0.25, -0.2) is 18.1 Å². The molecule has 0 aliphatic carbocycles. The number of nitrogens with zero attached hydrogens (tertiary/aromatic N) is 3. The topological polar surface area (TPSA) is 87.2 Å². The van der Waals surface area contributed by atoms with Crippen LogP contribution < -0.4 is 14.9 Å². The molecule has 146 valence electrons. The van der Waals surface area contributed by atoms with Crippen LogP contribution in [-0.4, -0.2) is 44.6 Å². The zero-order valence-electron chi connectivity index (χ0n) is 15.5. The third-order valence-corrected chi connectivity index (χ3v) is 6.25. The van der Waals surface area contributed by atoms with Crippen molar-refractivity contribution in [2.75, 3.05) is 36.4 Å². The van der Waals surface area contributed by atoms with Gasteiger partial charge in [0.05, 0.1) is 4.90 Å². The first kappa shape index (κ1) is 19.9. The van der Waals surface area contributed by atoms with Gasteiger partial charge in [0.15, 0.2) is 0 Å². The van der Waals surface area contributed by atoms with Crippen LogP contribution in [0.15, 0.2) is 29.2 Å². The summed E-state index contributed by atoms with van der Waals surface area (Å²) in [7, 11) is -3.62. The molecule has 1 fully saturated rings. The monoisotopic (exact) mass is 409 g/mol. The number of rotatable bonds is 7. The Bertz CT molecular complexity index is 914. The highest BCUT2D eigenvalue weighted by Crippen LogP contribution is 2.21. The molecule has 1 aliphatic rings. The van der Waals surface area contributed by atoms with E-state index in [1.54, 1.807) is 19.1 Å². The number of hydrogen-bond donors (Lipinski definition) is 2. The number of anilines is 2. The lowest BCUT2D eigenvalue weighted by atomic mass is 10.2. The second-order valence-corrected chi connectivity index (χ2v) is 8.79. The van der Waals surface area contributed by atoms with Crippen LogP contribution in [0.2, 0.25) is 5.02 Å². The lowest BCUT2D eigenvalue weighted by Gasteiger charge is -2.17. The van der Waals surface area contributed by atoms with Crippen LogP contribution in [0.3, 0.4) is 0 Å². The van der Waals surface area contributed by atoms with Gasteiger partial charge in [-0.15, -0.1) is 0 Å². The van der Waals surface area contributed by atoms with E-state index in [0.29, 0.717) is 23.1 Å². The molecular weight excluding hydrogens is 386 g/mol. The second-order valence-electron chi connectivity index (χ2n) is 6.62. The molecule has 0 amide bonds. The maximum Gasteiger partial charge on any atom is 0.240 e. The Hall–Kier alpha value is -1.90. The summed E-state index contributed by atoms with van der Waals surface area (Å²) in [6.45, 7) is 6.27. The van der Waals surface area contributed by atoms with E-state index in [-0.39, 0.29) is 11.4 Å². The van der Waals surface area contributed by atoms with Gasteiger partial charge in [0, 0.05) is 43.0 Å². The first-order valence-corrected chi connectivity index (χ1v) is 10.8. The first-order valence-electron chi connectivity index (χ1n) is 8.95. The van der Waals surface area contributed by atoms with Crippen LogP contribution in [0.25, 0.3) is 0 Å². The lowest BCUT2D eigenvalue weighted by Crippen LogP contribution is -2.30. The highest BCUT2D eigenvalue weighted by molar-refractivity contribution is 7.89. The number of hydrogen-bond acceptors (Lipinski definition) is 6. The smallest absolute Gasteiger partial charge is 0.240 e. The predicted molar refractivity (Wildman–Crippen MR) is 108 cm³/mol. The van der Waals surface area contributed by atoms with E-state index in [2.05, 4.69) is 24.9 Å². The van der Waals surface area contributed by atoms with Crippen LogP contribution in [-0.2, 0) is 10.0 Å². The average molecular weight is 410 g/mol. The van der Waals surface area contributed by atoms with Gasteiger partial charge in [0.25, 0.3) is 0 Å². The third kappa shape index (κ3) is 5.09. The number of halogens is 1. The summed E-state index contributed by atoms with van der Waals surface area (Å²) in [6.07, 6.45) is 2.35. The van der Waals surface area contributed by atoms with Gasteiger partial charge < -0.3 is 10.2 Å². The van der Waals surface area contributed by atoms with E-state index in [0.717, 1.165) is 24.6 Å². The van der Waals surface area contributed by atoms with E-state index in [1.807, 2.05) is 13.0 Å². The molecular formula is C18H24ClN5O2S. The van der Waals surface area contributed by atoms with Crippen LogP contribution in [0.1, 0.15) is 24.1 Å². The van der Waals surface area contributed by atoms with Crippen molar-refractivity contribution in [3.8, 4) is 0 Å². The molecule has 27 heavy (non-hydrogen) atoms. The Morgan fingerprint density at radius 3 is 2.59 bits per heavy atom. The van der Waals surface area contributed by atoms with E-state index in [9.17, 15) is 8.42 Å². The van der Waals surface area contributed by atoms with Gasteiger partial charge in [-0.3, -0.25) is 0 Å². The van der Waals surface area contributed by atoms with Gasteiger partial charge in [0.2, 0.25) is 16.0 Å². The molecule has 0 saturated carbocycles. The maximum atomic E-state index is 12.5. The molecule has 1 aliphatic heterocycles. The van der Waals surface area contributed by atoms with Crippen LogP contribution in [0, 0.1) is 13.8 Å². The zero-order chi connectivity index (χ0) is 19.4. The number of benzene rings is 1. The summed E-state index contributed by atoms with van der Waals surface area (Å²) in [5.41, 5.74) is 1.53. The van der Waals surface area contributed by atoms with Crippen molar-refractivity contribution in [3.05, 3.63) is 40.5 Å². The van der Waals surface area contributed by atoms with Gasteiger partial charge in [-0.1, -0.05) is 17.7 Å². The molecule has 9 heteroatoms. The van der Waals surface area contributed by atoms with Crippen molar-refractivity contribution < 1.29 is 8.42 Å². The van der Waals surface area contributed by atoms with Crippen LogP contribution in [0.4, 0.5) is 11.8 Å². The number of sulfonamides is 1. The minimum absolute atomic E-state index is 0.193. The molecule has 7 nitrogen and oxygen atoms in total. The van der Waals surface area contributed by atoms with E-state index in [4.69, 9.17) is 11.6 Å². The Labute approximate surface area is 165 Å². The summed E-state index contributed by atoms with van der Waals surface area (Å²) in [5.74, 6) is 1.42. The molecule has 1 saturated heterocycles. The minimum Gasteiger partial charge on any atom is -0.356 e. The third-order valence-electron chi connectivity index (χ3n) is 4.41. The molecule has 2 N–H and O–H groups in total. The van der Waals surface area contributed by atoms with Gasteiger partial charge in [-0.2, -0.15) is 4.98 Å². The molecule has 0 bridgehead atoms. The highest BCUT2D eigenvalue weighted by atomic mass is 35.5. The van der Waals surface area contributed by atoms with Crippen molar-refractivity contribution in [3.63, 3.8) is 0 Å². The molecule has 1 aromatic carbocycles. The average Bonchev–Trinajstić information content (AvgIpc) is 3.15. The van der Waals surface area contributed by atoms with Crippen molar-refractivity contribution >= 4 is 33.4 Å². The number of aryl methyl sites for hydroxylation is 2. The Morgan fingerprint density at radius 2 is 1.85 bits per heavy atom. The Kier molecular flexibility index (Phi) is 6.18. The maximum absolute atomic E-state index is 12.5. The number of nitrogens with one attached hydrogen (secondary N) is 2. The van der Waals surface area contributed by atoms with Crippen molar-refractivity contribution in [2.24, 2.45) is 0 Å². The summed E-state index contributed by atoms with van der Waals surface area (Å²) in [4.78, 5) is 11.4. The fraction of sp³-hybridized carbons (Fsp3) is 0.444. The Balaban J connectivity index is 1.59. The van der Waals surface area contributed by atoms with Crippen molar-refractivity contribution in [1.29, 1.82) is 0 Å². The fourth-order valence-electron chi connectivity index (χ4n) is 3.04. The van der Waals surface area contributed by atoms with E-state index < -0.39 is 10.0 Å². The molecule has 0 unspecified atom stereocenters. The lowest BCUT2D eigenvalue weighted by molar-refractivity contribution is 0.582. The standard InChI is InChI=1S/C18H24ClN5O2S/c1-13-5-6-15(19)12-16(13)27(25,26)21-8-7-20-18-22-14(2)11-17(23-18)24-9-3-4-10-24/h5-6,11-12,21H,3-4,7-10H2,1-2H3,(H,20,22,23). The summed E-state index contributed by atoms with van der Waals surface area (Å²) < 4.78 is 27.5. The molecule has 0 atom stereocenters. The second kappa shape index (κ2) is 8.41. The van der Waals surface area contributed by atoms with Gasteiger partial charge >= 0.3 is 0 Å². The van der Waals surface area contributed by atoms with E-state index >= 15 is 0 Å². The minimum atomic E-state index is -3.62. The molecule has 3 rings (SSSR count).